The number of amides is 1. The predicted molar refractivity (Wildman–Crippen MR) is 103 cm³/mol. The maximum atomic E-state index is 12.4. The SMILES string of the molecule is Cl.Cl.NCC1CCCN1C(=O)Cc1csc(Cc2ccccc2)n1. The van der Waals surface area contributed by atoms with Crippen molar-refractivity contribution in [1.82, 2.24) is 9.88 Å². The van der Waals surface area contributed by atoms with Gasteiger partial charge in [-0.2, -0.15) is 0 Å². The van der Waals surface area contributed by atoms with E-state index in [-0.39, 0.29) is 36.8 Å². The Bertz CT molecular complexity index is 636. The van der Waals surface area contributed by atoms with Crippen molar-refractivity contribution in [2.24, 2.45) is 5.73 Å². The van der Waals surface area contributed by atoms with Gasteiger partial charge < -0.3 is 10.6 Å². The smallest absolute Gasteiger partial charge is 0.228 e. The summed E-state index contributed by atoms with van der Waals surface area (Å²) >= 11 is 1.63. The summed E-state index contributed by atoms with van der Waals surface area (Å²) in [6.45, 7) is 1.39. The van der Waals surface area contributed by atoms with Crippen LogP contribution in [0.15, 0.2) is 35.7 Å². The second-order valence-corrected chi connectivity index (χ2v) is 6.63. The molecule has 1 saturated heterocycles. The first-order chi connectivity index (χ1) is 10.8. The summed E-state index contributed by atoms with van der Waals surface area (Å²) in [5.41, 5.74) is 7.86. The number of rotatable bonds is 5. The second-order valence-electron chi connectivity index (χ2n) is 5.69. The van der Waals surface area contributed by atoms with Crippen LogP contribution >= 0.6 is 36.2 Å². The van der Waals surface area contributed by atoms with Crippen molar-refractivity contribution >= 4 is 42.1 Å². The van der Waals surface area contributed by atoms with E-state index < -0.39 is 0 Å². The lowest BCUT2D eigenvalue weighted by atomic mass is 10.2. The molecule has 2 N–H and O–H groups in total. The van der Waals surface area contributed by atoms with E-state index in [4.69, 9.17) is 5.73 Å². The second kappa shape index (κ2) is 9.99. The zero-order chi connectivity index (χ0) is 15.4. The molecule has 0 bridgehead atoms. The van der Waals surface area contributed by atoms with Gasteiger partial charge in [0.1, 0.15) is 0 Å². The first kappa shape index (κ1) is 20.9. The average Bonchev–Trinajstić information content (AvgIpc) is 3.17. The van der Waals surface area contributed by atoms with E-state index >= 15 is 0 Å². The van der Waals surface area contributed by atoms with Crippen LogP contribution in [0, 0.1) is 0 Å². The van der Waals surface area contributed by atoms with Crippen LogP contribution in [0.3, 0.4) is 0 Å². The monoisotopic (exact) mass is 387 g/mol. The molecule has 0 saturated carbocycles. The van der Waals surface area contributed by atoms with Gasteiger partial charge in [0, 0.05) is 30.9 Å². The predicted octanol–water partition coefficient (Wildman–Crippen LogP) is 3.07. The Morgan fingerprint density at radius 3 is 2.75 bits per heavy atom. The summed E-state index contributed by atoms with van der Waals surface area (Å²) in [7, 11) is 0. The summed E-state index contributed by atoms with van der Waals surface area (Å²) in [6.07, 6.45) is 3.30. The number of halogens is 2. The van der Waals surface area contributed by atoms with Gasteiger partial charge >= 0.3 is 0 Å². The first-order valence-corrected chi connectivity index (χ1v) is 8.61. The van der Waals surface area contributed by atoms with E-state index in [1.165, 1.54) is 5.56 Å². The summed E-state index contributed by atoms with van der Waals surface area (Å²) in [6, 6.07) is 10.5. The standard InChI is InChI=1S/C17H21N3OS.2ClH/c18-11-15-7-4-8-20(15)17(21)10-14-12-22-16(19-14)9-13-5-2-1-3-6-13;;/h1-3,5-6,12,15H,4,7-11,18H2;2*1H. The zero-order valence-electron chi connectivity index (χ0n) is 13.4. The molecular formula is C17H23Cl2N3OS. The lowest BCUT2D eigenvalue weighted by Gasteiger charge is -2.23. The molecule has 4 nitrogen and oxygen atoms in total. The fourth-order valence-corrected chi connectivity index (χ4v) is 3.78. The molecule has 0 spiro atoms. The van der Waals surface area contributed by atoms with E-state index in [0.717, 1.165) is 36.5 Å². The molecule has 1 aromatic heterocycles. The quantitative estimate of drug-likeness (QED) is 0.857. The van der Waals surface area contributed by atoms with Crippen LogP contribution in [-0.2, 0) is 17.6 Å². The highest BCUT2D eigenvalue weighted by Crippen LogP contribution is 2.19. The molecule has 1 fully saturated rings. The number of carbonyl (C=O) groups is 1. The highest BCUT2D eigenvalue weighted by Gasteiger charge is 2.27. The highest BCUT2D eigenvalue weighted by molar-refractivity contribution is 7.09. The molecule has 1 atom stereocenters. The van der Waals surface area contributed by atoms with Crippen molar-refractivity contribution in [3.8, 4) is 0 Å². The third-order valence-corrected chi connectivity index (χ3v) is 5.00. The van der Waals surface area contributed by atoms with Gasteiger partial charge in [0.15, 0.2) is 0 Å². The molecule has 1 aromatic carbocycles. The van der Waals surface area contributed by atoms with Gasteiger partial charge in [-0.25, -0.2) is 4.98 Å². The molecular weight excluding hydrogens is 365 g/mol. The van der Waals surface area contributed by atoms with Gasteiger partial charge in [0.2, 0.25) is 5.91 Å². The van der Waals surface area contributed by atoms with Crippen LogP contribution in [0.4, 0.5) is 0 Å². The van der Waals surface area contributed by atoms with E-state index in [0.29, 0.717) is 13.0 Å². The van der Waals surface area contributed by atoms with Crippen LogP contribution in [-0.4, -0.2) is 34.9 Å². The van der Waals surface area contributed by atoms with Crippen LogP contribution in [0.25, 0.3) is 0 Å². The summed E-state index contributed by atoms with van der Waals surface area (Å²) in [5.74, 6) is 0.157. The van der Waals surface area contributed by atoms with Crippen molar-refractivity contribution in [2.45, 2.75) is 31.7 Å². The molecule has 24 heavy (non-hydrogen) atoms. The minimum absolute atomic E-state index is 0. The number of carbonyl (C=O) groups excluding carboxylic acids is 1. The van der Waals surface area contributed by atoms with E-state index in [1.54, 1.807) is 11.3 Å². The molecule has 0 radical (unpaired) electrons. The van der Waals surface area contributed by atoms with Gasteiger partial charge in [-0.15, -0.1) is 36.2 Å². The first-order valence-electron chi connectivity index (χ1n) is 7.73. The van der Waals surface area contributed by atoms with Crippen molar-refractivity contribution in [3.63, 3.8) is 0 Å². The van der Waals surface area contributed by atoms with E-state index in [2.05, 4.69) is 17.1 Å². The van der Waals surface area contributed by atoms with Gasteiger partial charge in [-0.05, 0) is 18.4 Å². The van der Waals surface area contributed by atoms with Gasteiger partial charge in [-0.3, -0.25) is 4.79 Å². The molecule has 2 heterocycles. The minimum atomic E-state index is 0. The Labute approximate surface area is 159 Å². The number of aromatic nitrogens is 1. The molecule has 7 heteroatoms. The Kier molecular flexibility index (Phi) is 8.70. The molecule has 1 aliphatic heterocycles. The topological polar surface area (TPSA) is 59.2 Å². The largest absolute Gasteiger partial charge is 0.338 e. The van der Waals surface area contributed by atoms with Crippen LogP contribution in [0.2, 0.25) is 0 Å². The number of hydrogen-bond acceptors (Lipinski definition) is 4. The zero-order valence-corrected chi connectivity index (χ0v) is 15.8. The minimum Gasteiger partial charge on any atom is -0.338 e. The van der Waals surface area contributed by atoms with Gasteiger partial charge in [0.05, 0.1) is 17.1 Å². The van der Waals surface area contributed by atoms with Crippen molar-refractivity contribution < 1.29 is 4.79 Å². The molecule has 3 rings (SSSR count). The molecule has 1 amide bonds. The van der Waals surface area contributed by atoms with Crippen molar-refractivity contribution in [1.29, 1.82) is 0 Å². The number of thiazole rings is 1. The Hall–Kier alpha value is -1.14. The molecule has 2 aromatic rings. The summed E-state index contributed by atoms with van der Waals surface area (Å²) < 4.78 is 0. The third kappa shape index (κ3) is 5.18. The molecule has 1 unspecified atom stereocenters. The van der Waals surface area contributed by atoms with E-state index in [1.807, 2.05) is 28.5 Å². The van der Waals surface area contributed by atoms with E-state index in [9.17, 15) is 4.79 Å². The normalized spacial score (nSPS) is 16.4. The Morgan fingerprint density at radius 2 is 2.04 bits per heavy atom. The number of hydrogen-bond donors (Lipinski definition) is 1. The van der Waals surface area contributed by atoms with Crippen LogP contribution in [0.5, 0.6) is 0 Å². The Morgan fingerprint density at radius 1 is 1.29 bits per heavy atom. The van der Waals surface area contributed by atoms with Gasteiger partial charge in [0.25, 0.3) is 0 Å². The third-order valence-electron chi connectivity index (χ3n) is 4.10. The number of likely N-dealkylation sites (tertiary alicyclic amines) is 1. The fourth-order valence-electron chi connectivity index (χ4n) is 2.95. The lowest BCUT2D eigenvalue weighted by molar-refractivity contribution is -0.131. The summed E-state index contributed by atoms with van der Waals surface area (Å²) in [4.78, 5) is 18.9. The number of benzene rings is 1. The van der Waals surface area contributed by atoms with Crippen molar-refractivity contribution in [3.05, 3.63) is 52.0 Å². The fraction of sp³-hybridized carbons (Fsp3) is 0.412. The lowest BCUT2D eigenvalue weighted by Crippen LogP contribution is -2.40. The summed E-state index contributed by atoms with van der Waals surface area (Å²) in [5, 5.41) is 3.06. The highest BCUT2D eigenvalue weighted by atomic mass is 35.5. The maximum Gasteiger partial charge on any atom is 0.228 e. The van der Waals surface area contributed by atoms with Crippen LogP contribution < -0.4 is 5.73 Å². The van der Waals surface area contributed by atoms with Crippen molar-refractivity contribution in [2.75, 3.05) is 13.1 Å². The number of nitrogens with zero attached hydrogens (tertiary/aromatic N) is 2. The average molecular weight is 388 g/mol. The van der Waals surface area contributed by atoms with Crippen LogP contribution in [0.1, 0.15) is 29.1 Å². The molecule has 1 aliphatic rings. The maximum absolute atomic E-state index is 12.4. The Balaban J connectivity index is 0.00000144. The molecule has 132 valence electrons. The number of nitrogens with two attached hydrogens (primary N) is 1. The van der Waals surface area contributed by atoms with Gasteiger partial charge in [-0.1, -0.05) is 30.3 Å². The molecule has 0 aliphatic carbocycles.